The zero-order valence-corrected chi connectivity index (χ0v) is 13.5. The molecule has 1 amide bonds. The Morgan fingerprint density at radius 2 is 1.86 bits per heavy atom. The van der Waals surface area contributed by atoms with Crippen molar-refractivity contribution in [2.24, 2.45) is 17.8 Å². The highest BCUT2D eigenvalue weighted by Gasteiger charge is 2.51. The monoisotopic (exact) mass is 318 g/mol. The van der Waals surface area contributed by atoms with Gasteiger partial charge in [0.15, 0.2) is 6.20 Å². The van der Waals surface area contributed by atoms with Gasteiger partial charge in [0.25, 0.3) is 5.03 Å². The molecule has 0 aromatic carbocycles. The molecule has 22 heavy (non-hydrogen) atoms. The van der Waals surface area contributed by atoms with Crippen LogP contribution in [-0.2, 0) is 4.79 Å². The fourth-order valence-electron chi connectivity index (χ4n) is 5.26. The lowest BCUT2D eigenvalue weighted by Gasteiger charge is -2.56. The smallest absolute Gasteiger partial charge is 0.251 e. The van der Waals surface area contributed by atoms with Gasteiger partial charge in [-0.15, -0.1) is 0 Å². The van der Waals surface area contributed by atoms with Crippen molar-refractivity contribution in [3.05, 3.63) is 29.6 Å². The molecular weight excluding hydrogens is 296 g/mol. The van der Waals surface area contributed by atoms with E-state index in [0.29, 0.717) is 10.8 Å². The summed E-state index contributed by atoms with van der Waals surface area (Å²) >= 11 is 1.32. The van der Waals surface area contributed by atoms with E-state index in [1.54, 1.807) is 12.1 Å². The molecule has 5 rings (SSSR count). The number of carbonyl (C=O) groups excluding carboxylic acids is 1. The van der Waals surface area contributed by atoms with Crippen LogP contribution in [0.15, 0.2) is 29.4 Å². The number of nitrogens with one attached hydrogen (secondary N) is 1. The van der Waals surface area contributed by atoms with Gasteiger partial charge in [0, 0.05) is 17.7 Å². The highest BCUT2D eigenvalue weighted by atomic mass is 32.2. The summed E-state index contributed by atoms with van der Waals surface area (Å²) < 4.78 is 0.822. The van der Waals surface area contributed by atoms with Crippen LogP contribution in [0.4, 0.5) is 0 Å². The van der Waals surface area contributed by atoms with Crippen LogP contribution in [0.1, 0.15) is 38.5 Å². The number of pyridine rings is 1. The Hall–Kier alpha value is -1.23. The Morgan fingerprint density at radius 1 is 1.23 bits per heavy atom. The first-order chi connectivity index (χ1) is 10.6. The van der Waals surface area contributed by atoms with Gasteiger partial charge in [0.2, 0.25) is 5.91 Å². The van der Waals surface area contributed by atoms with E-state index in [4.69, 9.17) is 0 Å². The molecule has 5 heteroatoms. The highest BCUT2D eigenvalue weighted by molar-refractivity contribution is 7.99. The van der Waals surface area contributed by atoms with Crippen LogP contribution in [0.3, 0.4) is 0 Å². The summed E-state index contributed by atoms with van der Waals surface area (Å²) in [5.41, 5.74) is 0.0660. The molecule has 0 aliphatic heterocycles. The van der Waals surface area contributed by atoms with Crippen LogP contribution >= 0.6 is 11.8 Å². The second-order valence-corrected chi connectivity index (χ2v) is 8.40. The largest absolute Gasteiger partial charge is 0.618 e. The molecule has 4 aliphatic rings. The van der Waals surface area contributed by atoms with Crippen LogP contribution in [-0.4, -0.2) is 17.2 Å². The Balaban J connectivity index is 1.37. The number of rotatable bonds is 4. The standard InChI is InChI=1S/C17H22N2O2S/c20-15(11-22-16-3-1-2-4-19(16)21)18-17-8-12-5-13(9-17)7-14(6-12)10-17/h1-4,12-14H,5-11H2,(H,18,20). The molecule has 118 valence electrons. The van der Waals surface area contributed by atoms with E-state index in [0.717, 1.165) is 22.5 Å². The lowest BCUT2D eigenvalue weighted by atomic mass is 9.53. The minimum Gasteiger partial charge on any atom is -0.618 e. The number of hydrogen-bond donors (Lipinski definition) is 1. The predicted octanol–water partition coefficient (Wildman–Crippen LogP) is 2.50. The summed E-state index contributed by atoms with van der Waals surface area (Å²) in [5, 5.41) is 15.5. The summed E-state index contributed by atoms with van der Waals surface area (Å²) in [6, 6.07) is 5.29. The lowest BCUT2D eigenvalue weighted by Crippen LogP contribution is -2.60. The molecule has 1 aromatic heterocycles. The molecule has 0 atom stereocenters. The van der Waals surface area contributed by atoms with Gasteiger partial charge in [-0.1, -0.05) is 0 Å². The first-order valence-corrected chi connectivity index (χ1v) is 9.22. The van der Waals surface area contributed by atoms with Gasteiger partial charge in [0.1, 0.15) is 0 Å². The van der Waals surface area contributed by atoms with Crippen molar-refractivity contribution in [1.82, 2.24) is 5.32 Å². The van der Waals surface area contributed by atoms with E-state index < -0.39 is 0 Å². The van der Waals surface area contributed by atoms with E-state index >= 15 is 0 Å². The molecular formula is C17H22N2O2S. The van der Waals surface area contributed by atoms with Crippen molar-refractivity contribution in [3.63, 3.8) is 0 Å². The lowest BCUT2D eigenvalue weighted by molar-refractivity contribution is -0.645. The highest BCUT2D eigenvalue weighted by Crippen LogP contribution is 2.55. The molecule has 4 bridgehead atoms. The van der Waals surface area contributed by atoms with Crippen LogP contribution in [0.2, 0.25) is 0 Å². The predicted molar refractivity (Wildman–Crippen MR) is 85.2 cm³/mol. The van der Waals surface area contributed by atoms with E-state index in [1.165, 1.54) is 56.5 Å². The fraction of sp³-hybridized carbons (Fsp3) is 0.647. The first-order valence-electron chi connectivity index (χ1n) is 8.24. The van der Waals surface area contributed by atoms with Gasteiger partial charge in [-0.3, -0.25) is 4.79 Å². The van der Waals surface area contributed by atoms with Gasteiger partial charge >= 0.3 is 0 Å². The average Bonchev–Trinajstić information content (AvgIpc) is 2.44. The second kappa shape index (κ2) is 5.44. The Morgan fingerprint density at radius 3 is 2.45 bits per heavy atom. The maximum absolute atomic E-state index is 12.4. The van der Waals surface area contributed by atoms with Gasteiger partial charge in [0.05, 0.1) is 5.75 Å². The summed E-state index contributed by atoms with van der Waals surface area (Å²) in [7, 11) is 0. The number of thioether (sulfide) groups is 1. The molecule has 4 nitrogen and oxygen atoms in total. The van der Waals surface area contributed by atoms with Crippen molar-refractivity contribution in [1.29, 1.82) is 0 Å². The van der Waals surface area contributed by atoms with Crippen LogP contribution in [0, 0.1) is 23.0 Å². The SMILES string of the molecule is O=C(CSc1cccc[n+]1[O-])NC12CC3CC(CC(C3)C1)C2. The summed E-state index contributed by atoms with van der Waals surface area (Å²) in [5.74, 6) is 2.90. The van der Waals surface area contributed by atoms with Crippen molar-refractivity contribution in [2.75, 3.05) is 5.75 Å². The summed E-state index contributed by atoms with van der Waals surface area (Å²) in [6.45, 7) is 0. The maximum Gasteiger partial charge on any atom is 0.251 e. The quantitative estimate of drug-likeness (QED) is 0.527. The van der Waals surface area contributed by atoms with Crippen LogP contribution in [0.25, 0.3) is 0 Å². The molecule has 0 radical (unpaired) electrons. The number of amides is 1. The summed E-state index contributed by atoms with van der Waals surface area (Å²) in [4.78, 5) is 12.4. The number of carbonyl (C=O) groups is 1. The van der Waals surface area contributed by atoms with Gasteiger partial charge in [-0.05, 0) is 74.1 Å². The Bertz CT molecular complexity index is 554. The molecule has 4 saturated carbocycles. The minimum absolute atomic E-state index is 0.0660. The third-order valence-electron chi connectivity index (χ3n) is 5.58. The van der Waals surface area contributed by atoms with E-state index in [2.05, 4.69) is 5.32 Å². The minimum atomic E-state index is 0.0660. The molecule has 1 aromatic rings. The number of hydrogen-bond acceptors (Lipinski definition) is 3. The van der Waals surface area contributed by atoms with Gasteiger partial charge in [-0.25, -0.2) is 0 Å². The molecule has 4 aliphatic carbocycles. The third-order valence-corrected chi connectivity index (χ3v) is 6.60. The van der Waals surface area contributed by atoms with Gasteiger partial charge < -0.3 is 10.5 Å². The topological polar surface area (TPSA) is 56.0 Å². The second-order valence-electron chi connectivity index (χ2n) is 7.40. The molecule has 4 fully saturated rings. The van der Waals surface area contributed by atoms with Gasteiger partial charge in [-0.2, -0.15) is 4.73 Å². The Labute approximate surface area is 135 Å². The average molecular weight is 318 g/mol. The zero-order valence-electron chi connectivity index (χ0n) is 12.7. The first kappa shape index (κ1) is 14.4. The molecule has 1 heterocycles. The van der Waals surface area contributed by atoms with Crippen molar-refractivity contribution < 1.29 is 9.52 Å². The Kier molecular flexibility index (Phi) is 3.56. The van der Waals surface area contributed by atoms with Crippen LogP contribution in [0.5, 0.6) is 0 Å². The van der Waals surface area contributed by atoms with Crippen molar-refractivity contribution in [2.45, 2.75) is 49.1 Å². The third kappa shape index (κ3) is 2.71. The molecule has 0 unspecified atom stereocenters. The van der Waals surface area contributed by atoms with Crippen LogP contribution < -0.4 is 10.0 Å². The molecule has 0 saturated heterocycles. The van der Waals surface area contributed by atoms with Crippen molar-refractivity contribution in [3.8, 4) is 0 Å². The maximum atomic E-state index is 12.4. The summed E-state index contributed by atoms with van der Waals surface area (Å²) in [6.07, 6.45) is 9.12. The zero-order chi connectivity index (χ0) is 15.2. The number of nitrogens with zero attached hydrogens (tertiary/aromatic N) is 1. The molecule has 1 N–H and O–H groups in total. The normalized spacial score (nSPS) is 35.5. The molecule has 0 spiro atoms. The number of aromatic nitrogens is 1. The van der Waals surface area contributed by atoms with E-state index in [9.17, 15) is 10.0 Å². The van der Waals surface area contributed by atoms with Crippen molar-refractivity contribution >= 4 is 17.7 Å². The van der Waals surface area contributed by atoms with E-state index in [1.807, 2.05) is 6.07 Å². The fourth-order valence-corrected chi connectivity index (χ4v) is 5.97. The van der Waals surface area contributed by atoms with E-state index in [-0.39, 0.29) is 11.4 Å².